The Kier molecular flexibility index (Phi) is 4.07. The minimum absolute atomic E-state index is 0.598. The van der Waals surface area contributed by atoms with Gasteiger partial charge in [0, 0.05) is 25.9 Å². The SMILES string of the molecule is CC(=N)c1ccc(-c2ccc3c(c2)sc2ccc(-c4ccccc4)cc23)cc1. The van der Waals surface area contributed by atoms with Crippen LogP contribution in [-0.4, -0.2) is 5.71 Å². The van der Waals surface area contributed by atoms with E-state index in [2.05, 4.69) is 78.9 Å². The molecule has 0 radical (unpaired) electrons. The third kappa shape index (κ3) is 2.92. The Morgan fingerprint density at radius 2 is 1.25 bits per heavy atom. The lowest BCUT2D eigenvalue weighted by atomic mass is 10.00. The van der Waals surface area contributed by atoms with Crippen molar-refractivity contribution in [3.8, 4) is 22.3 Å². The van der Waals surface area contributed by atoms with Gasteiger partial charge in [0.1, 0.15) is 0 Å². The van der Waals surface area contributed by atoms with Crippen LogP contribution in [0, 0.1) is 5.41 Å². The van der Waals surface area contributed by atoms with Crippen molar-refractivity contribution in [1.82, 2.24) is 0 Å². The molecule has 2 heteroatoms. The number of hydrogen-bond donors (Lipinski definition) is 1. The number of nitrogens with one attached hydrogen (secondary N) is 1. The fourth-order valence-corrected chi connectivity index (χ4v) is 4.81. The summed E-state index contributed by atoms with van der Waals surface area (Å²) in [7, 11) is 0. The van der Waals surface area contributed by atoms with Gasteiger partial charge in [-0.15, -0.1) is 11.3 Å². The molecular formula is C26H19NS. The molecule has 5 aromatic rings. The van der Waals surface area contributed by atoms with Gasteiger partial charge < -0.3 is 5.41 Å². The molecule has 134 valence electrons. The summed E-state index contributed by atoms with van der Waals surface area (Å²) >= 11 is 1.85. The standard InChI is InChI=1S/C26H19NS/c1-17(27)18-7-9-20(10-8-18)22-11-13-23-24-15-21(19-5-3-2-4-6-19)12-14-25(24)28-26(23)16-22/h2-16,27H,1H3. The van der Waals surface area contributed by atoms with Crippen LogP contribution in [0.5, 0.6) is 0 Å². The van der Waals surface area contributed by atoms with Gasteiger partial charge in [-0.1, -0.05) is 72.8 Å². The molecule has 0 bridgehead atoms. The maximum absolute atomic E-state index is 7.76. The van der Waals surface area contributed by atoms with E-state index in [1.165, 1.54) is 42.4 Å². The number of benzene rings is 4. The summed E-state index contributed by atoms with van der Waals surface area (Å²) in [5.74, 6) is 0. The highest BCUT2D eigenvalue weighted by molar-refractivity contribution is 7.25. The molecular weight excluding hydrogens is 358 g/mol. The molecule has 4 aromatic carbocycles. The normalized spacial score (nSPS) is 11.2. The van der Waals surface area contributed by atoms with E-state index >= 15 is 0 Å². The van der Waals surface area contributed by atoms with Crippen LogP contribution >= 0.6 is 11.3 Å². The van der Waals surface area contributed by atoms with Gasteiger partial charge in [0.2, 0.25) is 0 Å². The molecule has 0 saturated heterocycles. The van der Waals surface area contributed by atoms with Gasteiger partial charge in [0.15, 0.2) is 0 Å². The Balaban J connectivity index is 1.60. The fourth-order valence-electron chi connectivity index (χ4n) is 3.68. The van der Waals surface area contributed by atoms with Crippen LogP contribution in [0.25, 0.3) is 42.4 Å². The molecule has 1 N–H and O–H groups in total. The van der Waals surface area contributed by atoms with Gasteiger partial charge in [-0.3, -0.25) is 0 Å². The number of fused-ring (bicyclic) bond motifs is 3. The summed E-state index contributed by atoms with van der Waals surface area (Å²) in [4.78, 5) is 0. The minimum atomic E-state index is 0.598. The summed E-state index contributed by atoms with van der Waals surface area (Å²) in [6.07, 6.45) is 0. The smallest absolute Gasteiger partial charge is 0.0361 e. The average Bonchev–Trinajstić information content (AvgIpc) is 3.11. The van der Waals surface area contributed by atoms with Crippen LogP contribution in [-0.2, 0) is 0 Å². The molecule has 28 heavy (non-hydrogen) atoms. The van der Waals surface area contributed by atoms with Gasteiger partial charge in [-0.25, -0.2) is 0 Å². The minimum Gasteiger partial charge on any atom is -0.305 e. The molecule has 1 nitrogen and oxygen atoms in total. The highest BCUT2D eigenvalue weighted by atomic mass is 32.1. The van der Waals surface area contributed by atoms with E-state index < -0.39 is 0 Å². The topological polar surface area (TPSA) is 23.9 Å². The zero-order valence-electron chi connectivity index (χ0n) is 15.6. The third-order valence-corrected chi connectivity index (χ3v) is 6.36. The van der Waals surface area contributed by atoms with Crippen molar-refractivity contribution in [1.29, 1.82) is 5.41 Å². The molecule has 0 aliphatic carbocycles. The molecule has 0 spiro atoms. The first kappa shape index (κ1) is 16.9. The van der Waals surface area contributed by atoms with Crippen LogP contribution in [0.2, 0.25) is 0 Å². The van der Waals surface area contributed by atoms with Crippen LogP contribution in [0.3, 0.4) is 0 Å². The lowest BCUT2D eigenvalue weighted by Gasteiger charge is -2.04. The van der Waals surface area contributed by atoms with Crippen molar-refractivity contribution in [2.24, 2.45) is 0 Å². The molecule has 0 aliphatic heterocycles. The van der Waals surface area contributed by atoms with Crippen molar-refractivity contribution in [2.75, 3.05) is 0 Å². The molecule has 5 rings (SSSR count). The second kappa shape index (κ2) is 6.74. The Hall–Kier alpha value is -3.23. The van der Waals surface area contributed by atoms with Gasteiger partial charge in [0.25, 0.3) is 0 Å². The molecule has 0 unspecified atom stereocenters. The molecule has 0 atom stereocenters. The second-order valence-electron chi connectivity index (χ2n) is 7.09. The maximum atomic E-state index is 7.76. The first-order valence-corrected chi connectivity index (χ1v) is 10.2. The van der Waals surface area contributed by atoms with Crippen molar-refractivity contribution < 1.29 is 0 Å². The summed E-state index contributed by atoms with van der Waals surface area (Å²) in [5, 5.41) is 10.4. The van der Waals surface area contributed by atoms with Gasteiger partial charge in [-0.05, 0) is 52.9 Å². The predicted octanol–water partition coefficient (Wildman–Crippen LogP) is 7.78. The Labute approximate surface area is 168 Å². The average molecular weight is 378 g/mol. The van der Waals surface area contributed by atoms with Gasteiger partial charge in [0.05, 0.1) is 0 Å². The van der Waals surface area contributed by atoms with E-state index in [1.54, 1.807) is 0 Å². The number of rotatable bonds is 3. The molecule has 0 amide bonds. The van der Waals surface area contributed by atoms with E-state index in [0.29, 0.717) is 5.71 Å². The van der Waals surface area contributed by atoms with Gasteiger partial charge in [-0.2, -0.15) is 0 Å². The second-order valence-corrected chi connectivity index (χ2v) is 8.18. The number of hydrogen-bond acceptors (Lipinski definition) is 2. The molecule has 1 aromatic heterocycles. The monoisotopic (exact) mass is 377 g/mol. The fraction of sp³-hybridized carbons (Fsp3) is 0.0385. The maximum Gasteiger partial charge on any atom is 0.0361 e. The van der Waals surface area contributed by atoms with Crippen LogP contribution in [0.1, 0.15) is 12.5 Å². The molecule has 0 saturated carbocycles. The van der Waals surface area contributed by atoms with Crippen molar-refractivity contribution in [2.45, 2.75) is 6.92 Å². The van der Waals surface area contributed by atoms with Crippen LogP contribution < -0.4 is 0 Å². The number of thiophene rings is 1. The van der Waals surface area contributed by atoms with E-state index in [9.17, 15) is 0 Å². The first-order chi connectivity index (χ1) is 13.7. The lowest BCUT2D eigenvalue weighted by molar-refractivity contribution is 1.45. The molecule has 0 fully saturated rings. The summed E-state index contributed by atoms with van der Waals surface area (Å²) < 4.78 is 2.63. The Bertz CT molecular complexity index is 1310. The predicted molar refractivity (Wildman–Crippen MR) is 123 cm³/mol. The van der Waals surface area contributed by atoms with E-state index in [1.807, 2.05) is 30.4 Å². The van der Waals surface area contributed by atoms with Crippen LogP contribution in [0.4, 0.5) is 0 Å². The quantitative estimate of drug-likeness (QED) is 0.310. The van der Waals surface area contributed by atoms with Crippen molar-refractivity contribution in [3.63, 3.8) is 0 Å². The molecule has 1 heterocycles. The van der Waals surface area contributed by atoms with E-state index in [-0.39, 0.29) is 0 Å². The summed E-state index contributed by atoms with van der Waals surface area (Å²) in [6, 6.07) is 32.3. The molecule has 0 aliphatic rings. The Morgan fingerprint density at radius 3 is 2.00 bits per heavy atom. The van der Waals surface area contributed by atoms with Crippen molar-refractivity contribution in [3.05, 3.63) is 96.6 Å². The lowest BCUT2D eigenvalue weighted by Crippen LogP contribution is -1.90. The summed E-state index contributed by atoms with van der Waals surface area (Å²) in [6.45, 7) is 1.82. The first-order valence-electron chi connectivity index (χ1n) is 9.37. The zero-order valence-corrected chi connectivity index (χ0v) is 16.4. The zero-order chi connectivity index (χ0) is 19.1. The Morgan fingerprint density at radius 1 is 0.607 bits per heavy atom. The highest BCUT2D eigenvalue weighted by Crippen LogP contribution is 2.38. The van der Waals surface area contributed by atoms with Gasteiger partial charge >= 0.3 is 0 Å². The van der Waals surface area contributed by atoms with Crippen molar-refractivity contribution >= 4 is 37.2 Å². The largest absolute Gasteiger partial charge is 0.305 e. The van der Waals surface area contributed by atoms with Crippen LogP contribution in [0.15, 0.2) is 91.0 Å². The third-order valence-electron chi connectivity index (χ3n) is 5.23. The highest BCUT2D eigenvalue weighted by Gasteiger charge is 2.09. The summed E-state index contributed by atoms with van der Waals surface area (Å²) in [5.41, 5.74) is 6.49. The van der Waals surface area contributed by atoms with E-state index in [4.69, 9.17) is 5.41 Å². The van der Waals surface area contributed by atoms with E-state index in [0.717, 1.165) is 5.56 Å².